The van der Waals surface area contributed by atoms with Gasteiger partial charge in [-0.25, -0.2) is 0 Å². The molecule has 0 saturated carbocycles. The molecule has 0 aliphatic heterocycles. The first-order valence-corrected chi connectivity index (χ1v) is 7.00. The summed E-state index contributed by atoms with van der Waals surface area (Å²) in [6, 6.07) is 5.88. The molecule has 0 atom stereocenters. The second-order valence-electron chi connectivity index (χ2n) is 4.53. The molecule has 0 heterocycles. The number of amides is 1. The van der Waals surface area contributed by atoms with Crippen LogP contribution in [0.4, 0.5) is 0 Å². The van der Waals surface area contributed by atoms with E-state index >= 15 is 0 Å². The minimum Gasteiger partial charge on any atom is -0.493 e. The van der Waals surface area contributed by atoms with Crippen molar-refractivity contribution >= 4 is 5.91 Å². The molecule has 2 N–H and O–H groups in total. The highest BCUT2D eigenvalue weighted by Gasteiger charge is 2.04. The summed E-state index contributed by atoms with van der Waals surface area (Å²) in [5, 5.41) is 5.99. The van der Waals surface area contributed by atoms with E-state index in [0.29, 0.717) is 19.5 Å². The molecule has 116 valence electrons. The van der Waals surface area contributed by atoms with E-state index in [-0.39, 0.29) is 5.91 Å². The highest BCUT2D eigenvalue weighted by Crippen LogP contribution is 2.27. The molecule has 0 aliphatic carbocycles. The third-order valence-corrected chi connectivity index (χ3v) is 3.01. The Morgan fingerprint density at radius 1 is 1.24 bits per heavy atom. The van der Waals surface area contributed by atoms with Crippen molar-refractivity contribution in [2.75, 3.05) is 33.9 Å². The van der Waals surface area contributed by atoms with Crippen LogP contribution in [0, 0.1) is 0 Å². The van der Waals surface area contributed by atoms with E-state index in [1.807, 2.05) is 18.2 Å². The Morgan fingerprint density at radius 3 is 2.67 bits per heavy atom. The number of hydrogen-bond acceptors (Lipinski definition) is 4. The van der Waals surface area contributed by atoms with Crippen LogP contribution >= 0.6 is 0 Å². The number of methoxy groups -OCH3 is 2. The number of nitrogens with one attached hydrogen (secondary N) is 2. The van der Waals surface area contributed by atoms with Crippen molar-refractivity contribution in [1.29, 1.82) is 0 Å². The first-order valence-electron chi connectivity index (χ1n) is 7.00. The fraction of sp³-hybridized carbons (Fsp3) is 0.438. The molecule has 0 spiro atoms. The van der Waals surface area contributed by atoms with Gasteiger partial charge in [0.05, 0.1) is 14.2 Å². The maximum absolute atomic E-state index is 11.4. The molecule has 0 saturated heterocycles. The standard InChI is InChI=1S/C16H24N2O3/c1-4-9-18-16(19)8-11-17-10-7-13-5-6-14(20-2)15(12-13)21-3/h4-6,12,17H,1,7-11H2,2-3H3,(H,18,19). The van der Waals surface area contributed by atoms with Gasteiger partial charge in [0.15, 0.2) is 11.5 Å². The number of carbonyl (C=O) groups is 1. The van der Waals surface area contributed by atoms with Crippen molar-refractivity contribution in [2.24, 2.45) is 0 Å². The highest BCUT2D eigenvalue weighted by atomic mass is 16.5. The van der Waals surface area contributed by atoms with Gasteiger partial charge in [0.25, 0.3) is 0 Å². The summed E-state index contributed by atoms with van der Waals surface area (Å²) >= 11 is 0. The van der Waals surface area contributed by atoms with Crippen LogP contribution < -0.4 is 20.1 Å². The predicted octanol–water partition coefficient (Wildman–Crippen LogP) is 1.53. The maximum Gasteiger partial charge on any atom is 0.221 e. The summed E-state index contributed by atoms with van der Waals surface area (Å²) in [5.41, 5.74) is 1.16. The van der Waals surface area contributed by atoms with Crippen LogP contribution in [0.1, 0.15) is 12.0 Å². The lowest BCUT2D eigenvalue weighted by molar-refractivity contribution is -0.120. The van der Waals surface area contributed by atoms with Crippen LogP contribution in [-0.4, -0.2) is 39.8 Å². The van der Waals surface area contributed by atoms with E-state index in [2.05, 4.69) is 17.2 Å². The van der Waals surface area contributed by atoms with Crippen molar-refractivity contribution in [3.63, 3.8) is 0 Å². The Morgan fingerprint density at radius 2 is 2.00 bits per heavy atom. The first-order chi connectivity index (χ1) is 10.2. The first kappa shape index (κ1) is 17.0. The molecule has 21 heavy (non-hydrogen) atoms. The summed E-state index contributed by atoms with van der Waals surface area (Å²) in [6.45, 7) is 5.54. The molecular formula is C16H24N2O3. The zero-order valence-electron chi connectivity index (χ0n) is 12.8. The van der Waals surface area contributed by atoms with Crippen LogP contribution in [0.15, 0.2) is 30.9 Å². The van der Waals surface area contributed by atoms with E-state index in [4.69, 9.17) is 9.47 Å². The summed E-state index contributed by atoms with van der Waals surface area (Å²) in [5.74, 6) is 1.50. The van der Waals surface area contributed by atoms with Crippen LogP contribution in [0.25, 0.3) is 0 Å². The minimum atomic E-state index is 0.0357. The van der Waals surface area contributed by atoms with E-state index in [1.165, 1.54) is 0 Å². The largest absolute Gasteiger partial charge is 0.493 e. The van der Waals surface area contributed by atoms with Crippen LogP contribution in [0.3, 0.4) is 0 Å². The Bertz CT molecular complexity index is 461. The Labute approximate surface area is 126 Å². The van der Waals surface area contributed by atoms with E-state index in [1.54, 1.807) is 20.3 Å². The van der Waals surface area contributed by atoms with Gasteiger partial charge in [0.2, 0.25) is 5.91 Å². The van der Waals surface area contributed by atoms with E-state index < -0.39 is 0 Å². The summed E-state index contributed by atoms with van der Waals surface area (Å²) in [7, 11) is 3.25. The Balaban J connectivity index is 2.26. The molecule has 0 unspecified atom stereocenters. The molecule has 5 heteroatoms. The SMILES string of the molecule is C=CCNC(=O)CCNCCc1ccc(OC)c(OC)c1. The predicted molar refractivity (Wildman–Crippen MR) is 83.9 cm³/mol. The lowest BCUT2D eigenvalue weighted by Crippen LogP contribution is -2.28. The highest BCUT2D eigenvalue weighted by molar-refractivity contribution is 5.76. The molecule has 5 nitrogen and oxygen atoms in total. The molecular weight excluding hydrogens is 268 g/mol. The van der Waals surface area contributed by atoms with Gasteiger partial charge in [0.1, 0.15) is 0 Å². The Hall–Kier alpha value is -2.01. The molecule has 1 amide bonds. The van der Waals surface area contributed by atoms with Crippen molar-refractivity contribution in [3.8, 4) is 11.5 Å². The number of ether oxygens (including phenoxy) is 2. The smallest absolute Gasteiger partial charge is 0.221 e. The van der Waals surface area contributed by atoms with Gasteiger partial charge in [0, 0.05) is 19.5 Å². The third kappa shape index (κ3) is 6.31. The average molecular weight is 292 g/mol. The fourth-order valence-corrected chi connectivity index (χ4v) is 1.87. The van der Waals surface area contributed by atoms with Gasteiger partial charge >= 0.3 is 0 Å². The third-order valence-electron chi connectivity index (χ3n) is 3.01. The lowest BCUT2D eigenvalue weighted by Gasteiger charge is -2.10. The molecule has 0 fully saturated rings. The number of benzene rings is 1. The molecule has 1 aromatic carbocycles. The van der Waals surface area contributed by atoms with Gasteiger partial charge in [-0.2, -0.15) is 0 Å². The quantitative estimate of drug-likeness (QED) is 0.507. The van der Waals surface area contributed by atoms with Crippen LogP contribution in [-0.2, 0) is 11.2 Å². The average Bonchev–Trinajstić information content (AvgIpc) is 2.52. The number of carbonyl (C=O) groups excluding carboxylic acids is 1. The van der Waals surface area contributed by atoms with Crippen molar-refractivity contribution in [2.45, 2.75) is 12.8 Å². The Kier molecular flexibility index (Phi) is 7.97. The second kappa shape index (κ2) is 9.83. The van der Waals surface area contributed by atoms with Crippen molar-refractivity contribution in [3.05, 3.63) is 36.4 Å². The molecule has 0 bridgehead atoms. The van der Waals surface area contributed by atoms with Gasteiger partial charge in [-0.1, -0.05) is 12.1 Å². The van der Waals surface area contributed by atoms with E-state index in [9.17, 15) is 4.79 Å². The minimum absolute atomic E-state index is 0.0357. The lowest BCUT2D eigenvalue weighted by atomic mass is 10.1. The normalized spacial score (nSPS) is 10.0. The zero-order valence-corrected chi connectivity index (χ0v) is 12.8. The van der Waals surface area contributed by atoms with Crippen molar-refractivity contribution < 1.29 is 14.3 Å². The fourth-order valence-electron chi connectivity index (χ4n) is 1.87. The van der Waals surface area contributed by atoms with Gasteiger partial charge < -0.3 is 20.1 Å². The molecule has 0 aliphatic rings. The molecule has 0 aromatic heterocycles. The van der Waals surface area contributed by atoms with Crippen LogP contribution in [0.2, 0.25) is 0 Å². The number of rotatable bonds is 10. The van der Waals surface area contributed by atoms with E-state index in [0.717, 1.165) is 30.0 Å². The summed E-state index contributed by atoms with van der Waals surface area (Å²) in [4.78, 5) is 11.4. The van der Waals surface area contributed by atoms with Gasteiger partial charge in [-0.05, 0) is 30.7 Å². The monoisotopic (exact) mass is 292 g/mol. The summed E-state index contributed by atoms with van der Waals surface area (Å²) < 4.78 is 10.5. The summed E-state index contributed by atoms with van der Waals surface area (Å²) in [6.07, 6.45) is 3.01. The molecule has 1 rings (SSSR count). The molecule has 0 radical (unpaired) electrons. The second-order valence-corrected chi connectivity index (χ2v) is 4.53. The molecule has 1 aromatic rings. The number of hydrogen-bond donors (Lipinski definition) is 2. The van der Waals surface area contributed by atoms with Crippen LogP contribution in [0.5, 0.6) is 11.5 Å². The van der Waals surface area contributed by atoms with Crippen molar-refractivity contribution in [1.82, 2.24) is 10.6 Å². The maximum atomic E-state index is 11.4. The van der Waals surface area contributed by atoms with Gasteiger partial charge in [-0.3, -0.25) is 4.79 Å². The topological polar surface area (TPSA) is 59.6 Å². The van der Waals surface area contributed by atoms with Gasteiger partial charge in [-0.15, -0.1) is 6.58 Å². The zero-order chi connectivity index (χ0) is 15.5.